The molecule has 2 aromatic rings. The molecule has 0 aliphatic carbocycles. The van der Waals surface area contributed by atoms with Crippen LogP contribution in [-0.4, -0.2) is 36.3 Å². The van der Waals surface area contributed by atoms with E-state index in [2.05, 4.69) is 15.0 Å². The van der Waals surface area contributed by atoms with Crippen LogP contribution in [0.1, 0.15) is 0 Å². The maximum Gasteiger partial charge on any atom is 0.321 e. The molecular formula is C12H14N4O3. The van der Waals surface area contributed by atoms with E-state index in [9.17, 15) is 0 Å². The third kappa shape index (κ3) is 2.49. The summed E-state index contributed by atoms with van der Waals surface area (Å²) in [6.07, 6.45) is 0. The van der Waals surface area contributed by atoms with Crippen molar-refractivity contribution in [1.29, 1.82) is 0 Å². The molecule has 0 unspecified atom stereocenters. The molecule has 19 heavy (non-hydrogen) atoms. The number of ether oxygens (including phenoxy) is 3. The van der Waals surface area contributed by atoms with Crippen LogP contribution >= 0.6 is 0 Å². The zero-order chi connectivity index (χ0) is 13.8. The van der Waals surface area contributed by atoms with Crippen molar-refractivity contribution in [3.8, 4) is 28.9 Å². The number of nitrogens with zero attached hydrogens (tertiary/aromatic N) is 3. The number of benzene rings is 1. The van der Waals surface area contributed by atoms with E-state index in [4.69, 9.17) is 19.9 Å². The predicted octanol–water partition coefficient (Wildman–Crippen LogP) is 1.15. The minimum absolute atomic E-state index is 0.0757. The van der Waals surface area contributed by atoms with Crippen LogP contribution in [0.25, 0.3) is 11.4 Å². The van der Waals surface area contributed by atoms with Crippen molar-refractivity contribution in [3.63, 3.8) is 0 Å². The summed E-state index contributed by atoms with van der Waals surface area (Å²) in [5.41, 5.74) is 6.27. The second-order valence-corrected chi connectivity index (χ2v) is 3.54. The highest BCUT2D eigenvalue weighted by Crippen LogP contribution is 2.36. The molecule has 0 spiro atoms. The minimum atomic E-state index is 0.0757. The molecule has 0 saturated heterocycles. The first-order valence-electron chi connectivity index (χ1n) is 5.46. The first-order valence-corrected chi connectivity index (χ1v) is 5.46. The lowest BCUT2D eigenvalue weighted by Crippen LogP contribution is -2.03. The fourth-order valence-electron chi connectivity index (χ4n) is 1.65. The van der Waals surface area contributed by atoms with E-state index in [1.165, 1.54) is 7.11 Å². The molecule has 0 atom stereocenters. The van der Waals surface area contributed by atoms with Crippen LogP contribution in [0.5, 0.6) is 17.5 Å². The molecule has 0 aliphatic rings. The van der Waals surface area contributed by atoms with Crippen LogP contribution in [0.4, 0.5) is 5.95 Å². The fraction of sp³-hybridized carbons (Fsp3) is 0.250. The number of anilines is 1. The van der Waals surface area contributed by atoms with Gasteiger partial charge in [-0.2, -0.15) is 15.0 Å². The van der Waals surface area contributed by atoms with Crippen molar-refractivity contribution < 1.29 is 14.2 Å². The molecule has 1 aromatic heterocycles. The average Bonchev–Trinajstić information content (AvgIpc) is 2.45. The molecule has 0 amide bonds. The Morgan fingerprint density at radius 2 is 1.74 bits per heavy atom. The average molecular weight is 262 g/mol. The quantitative estimate of drug-likeness (QED) is 0.883. The van der Waals surface area contributed by atoms with E-state index >= 15 is 0 Å². The first-order chi connectivity index (χ1) is 9.19. The highest BCUT2D eigenvalue weighted by atomic mass is 16.5. The molecule has 0 bridgehead atoms. The predicted molar refractivity (Wildman–Crippen MR) is 69.3 cm³/mol. The lowest BCUT2D eigenvalue weighted by Gasteiger charge is -2.11. The van der Waals surface area contributed by atoms with Gasteiger partial charge in [0.15, 0.2) is 17.3 Å². The van der Waals surface area contributed by atoms with Crippen molar-refractivity contribution >= 4 is 5.95 Å². The van der Waals surface area contributed by atoms with Gasteiger partial charge in [-0.3, -0.25) is 0 Å². The summed E-state index contributed by atoms with van der Waals surface area (Å²) in [7, 11) is 4.56. The normalized spacial score (nSPS) is 10.1. The Balaban J connectivity index is 2.61. The first kappa shape index (κ1) is 12.9. The second kappa shape index (κ2) is 5.38. The molecule has 100 valence electrons. The summed E-state index contributed by atoms with van der Waals surface area (Å²) in [6, 6.07) is 5.54. The van der Waals surface area contributed by atoms with Gasteiger partial charge in [0.1, 0.15) is 0 Å². The summed E-state index contributed by atoms with van der Waals surface area (Å²) in [6.45, 7) is 0. The Hall–Kier alpha value is -2.57. The Morgan fingerprint density at radius 3 is 2.37 bits per heavy atom. The van der Waals surface area contributed by atoms with Crippen LogP contribution < -0.4 is 19.9 Å². The Kier molecular flexibility index (Phi) is 3.65. The maximum absolute atomic E-state index is 5.62. The van der Waals surface area contributed by atoms with Gasteiger partial charge < -0.3 is 19.9 Å². The number of para-hydroxylation sites is 1. The number of nitrogen functional groups attached to an aromatic ring is 1. The lowest BCUT2D eigenvalue weighted by atomic mass is 10.1. The van der Waals surface area contributed by atoms with Crippen LogP contribution in [0.15, 0.2) is 18.2 Å². The largest absolute Gasteiger partial charge is 0.493 e. The van der Waals surface area contributed by atoms with Crippen molar-refractivity contribution in [2.24, 2.45) is 0 Å². The van der Waals surface area contributed by atoms with Crippen LogP contribution in [0.2, 0.25) is 0 Å². The molecule has 2 rings (SSSR count). The van der Waals surface area contributed by atoms with Gasteiger partial charge in [0.2, 0.25) is 5.95 Å². The fourth-order valence-corrected chi connectivity index (χ4v) is 1.65. The van der Waals surface area contributed by atoms with Crippen molar-refractivity contribution in [2.45, 2.75) is 0 Å². The van der Waals surface area contributed by atoms with Gasteiger partial charge in [-0.25, -0.2) is 0 Å². The van der Waals surface area contributed by atoms with E-state index < -0.39 is 0 Å². The van der Waals surface area contributed by atoms with Crippen molar-refractivity contribution in [2.75, 3.05) is 27.1 Å². The van der Waals surface area contributed by atoms with E-state index in [-0.39, 0.29) is 12.0 Å². The highest BCUT2D eigenvalue weighted by Gasteiger charge is 2.15. The minimum Gasteiger partial charge on any atom is -0.493 e. The van der Waals surface area contributed by atoms with Gasteiger partial charge in [-0.1, -0.05) is 6.07 Å². The molecule has 0 fully saturated rings. The molecule has 1 aromatic carbocycles. The van der Waals surface area contributed by atoms with E-state index in [0.717, 1.165) is 0 Å². The zero-order valence-electron chi connectivity index (χ0n) is 10.9. The van der Waals surface area contributed by atoms with Crippen LogP contribution in [0, 0.1) is 0 Å². The van der Waals surface area contributed by atoms with Crippen molar-refractivity contribution in [1.82, 2.24) is 15.0 Å². The molecule has 7 nitrogen and oxygen atoms in total. The van der Waals surface area contributed by atoms with Gasteiger partial charge in [0.05, 0.1) is 26.9 Å². The van der Waals surface area contributed by atoms with Gasteiger partial charge in [-0.15, -0.1) is 0 Å². The van der Waals surface area contributed by atoms with E-state index in [1.807, 2.05) is 6.07 Å². The smallest absolute Gasteiger partial charge is 0.321 e. The molecule has 1 heterocycles. The topological polar surface area (TPSA) is 92.4 Å². The second-order valence-electron chi connectivity index (χ2n) is 3.54. The number of hydrogen-bond acceptors (Lipinski definition) is 7. The molecule has 0 aliphatic heterocycles. The number of nitrogens with two attached hydrogens (primary N) is 1. The van der Waals surface area contributed by atoms with Gasteiger partial charge in [-0.05, 0) is 12.1 Å². The molecule has 0 radical (unpaired) electrons. The summed E-state index contributed by atoms with van der Waals surface area (Å²) >= 11 is 0. The standard InChI is InChI=1S/C12H14N4O3/c1-17-8-6-4-5-7(9(8)18-2)10-14-11(13)16-12(15-10)19-3/h4-6H,1-3H3,(H2,13,14,15,16). The number of methoxy groups -OCH3 is 3. The summed E-state index contributed by atoms with van der Waals surface area (Å²) in [5.74, 6) is 1.54. The lowest BCUT2D eigenvalue weighted by molar-refractivity contribution is 0.355. The van der Waals surface area contributed by atoms with Gasteiger partial charge in [0.25, 0.3) is 0 Å². The van der Waals surface area contributed by atoms with E-state index in [0.29, 0.717) is 22.9 Å². The van der Waals surface area contributed by atoms with Gasteiger partial charge in [0, 0.05) is 0 Å². The molecule has 0 saturated carbocycles. The zero-order valence-corrected chi connectivity index (χ0v) is 10.9. The highest BCUT2D eigenvalue weighted by molar-refractivity contribution is 5.69. The van der Waals surface area contributed by atoms with Gasteiger partial charge >= 0.3 is 6.01 Å². The molecule has 7 heteroatoms. The molecule has 2 N–H and O–H groups in total. The number of hydrogen-bond donors (Lipinski definition) is 1. The summed E-state index contributed by atoms with van der Waals surface area (Å²) < 4.78 is 15.5. The van der Waals surface area contributed by atoms with Crippen molar-refractivity contribution in [3.05, 3.63) is 18.2 Å². The number of rotatable bonds is 4. The molecular weight excluding hydrogens is 248 g/mol. The SMILES string of the molecule is COc1nc(N)nc(-c2cccc(OC)c2OC)n1. The monoisotopic (exact) mass is 262 g/mol. The Morgan fingerprint density at radius 1 is 0.947 bits per heavy atom. The third-order valence-corrected chi connectivity index (χ3v) is 2.46. The third-order valence-electron chi connectivity index (χ3n) is 2.46. The summed E-state index contributed by atoms with van der Waals surface area (Å²) in [5, 5.41) is 0. The maximum atomic E-state index is 5.62. The Labute approximate surface area is 110 Å². The summed E-state index contributed by atoms with van der Waals surface area (Å²) in [4.78, 5) is 12.1. The van der Waals surface area contributed by atoms with E-state index in [1.54, 1.807) is 26.4 Å². The van der Waals surface area contributed by atoms with Crippen LogP contribution in [0.3, 0.4) is 0 Å². The number of aromatic nitrogens is 3. The Bertz CT molecular complexity index is 589. The van der Waals surface area contributed by atoms with Crippen LogP contribution in [-0.2, 0) is 0 Å².